The molecule has 1 aliphatic rings. The molecule has 0 bridgehead atoms. The number of hydrogen-bond donors (Lipinski definition) is 5. The number of alkyl halides is 1. The van der Waals surface area contributed by atoms with Gasteiger partial charge in [-0.15, -0.1) is 0 Å². The molecule has 0 aliphatic carbocycles. The maximum absolute atomic E-state index is 15.3. The number of hydrogen-bond acceptors (Lipinski definition) is 12. The van der Waals surface area contributed by atoms with Crippen LogP contribution < -0.4 is 21.3 Å². The molecule has 1 saturated heterocycles. The van der Waals surface area contributed by atoms with Crippen LogP contribution in [-0.2, 0) is 52.7 Å². The van der Waals surface area contributed by atoms with Crippen LogP contribution in [0.25, 0.3) is 0 Å². The highest BCUT2D eigenvalue weighted by molar-refractivity contribution is 6.35. The molecule has 0 saturated carbocycles. The van der Waals surface area contributed by atoms with Gasteiger partial charge in [-0.25, -0.2) is 0 Å². The standard InChI is InChI=1S/C62H110ClN11O12/c1-25-27-28-40(15)51(76)50-55(80)66-43(26-2)57(82)68(18)33-48(75)69(19)44(29-34(3)4)54(79)67-49(38(11)12)60(85)70(20)45(30-35(5)6)53(78)64-41(16)52(77)65-42(17)56(81)71(21)46(31-36(7)8)58(83)72(22)47(32-37(9)10)59(84)74(24)62(63,39(13)14)61(86)73(50)23/h25,27,34-47,49-51,76H,26,28-33H2,1-24H3,(H,64,78)(H,65,77)(H,66,80)(H,67,79)/b27-25+/t40-,41+,42-,43+,44+,45+,46+,47+,49+,50+,51-,62-/m1/s1. The summed E-state index contributed by atoms with van der Waals surface area (Å²) in [6.07, 6.45) is 2.74. The largest absolute Gasteiger partial charge is 0.390 e. The molecule has 1 fully saturated rings. The number of allylic oxidation sites excluding steroid dienone is 2. The Hall–Kier alpha value is -5.84. The summed E-state index contributed by atoms with van der Waals surface area (Å²) < 4.78 is 0. The van der Waals surface area contributed by atoms with Crippen molar-refractivity contribution in [2.24, 2.45) is 41.4 Å². The second-order valence-corrected chi connectivity index (χ2v) is 26.7. The van der Waals surface area contributed by atoms with Crippen LogP contribution in [0.3, 0.4) is 0 Å². The molecule has 0 spiro atoms. The van der Waals surface area contributed by atoms with Crippen LogP contribution in [0.4, 0.5) is 0 Å². The van der Waals surface area contributed by atoms with Gasteiger partial charge in [0.2, 0.25) is 59.1 Å². The van der Waals surface area contributed by atoms with Crippen molar-refractivity contribution in [3.63, 3.8) is 0 Å². The van der Waals surface area contributed by atoms with E-state index in [0.717, 1.165) is 14.7 Å². The van der Waals surface area contributed by atoms with E-state index >= 15 is 9.59 Å². The summed E-state index contributed by atoms with van der Waals surface area (Å²) in [7, 11) is 9.62. The summed E-state index contributed by atoms with van der Waals surface area (Å²) in [5, 5.41) is 23.1. The molecule has 86 heavy (non-hydrogen) atoms. The van der Waals surface area contributed by atoms with Gasteiger partial charge in [0.1, 0.15) is 54.4 Å². The van der Waals surface area contributed by atoms with Gasteiger partial charge >= 0.3 is 0 Å². The molecule has 0 aromatic rings. The zero-order valence-electron chi connectivity index (χ0n) is 56.4. The van der Waals surface area contributed by atoms with E-state index in [2.05, 4.69) is 21.3 Å². The molecule has 1 heterocycles. The lowest BCUT2D eigenvalue weighted by Gasteiger charge is -2.45. The van der Waals surface area contributed by atoms with Gasteiger partial charge in [0.25, 0.3) is 5.91 Å². The van der Waals surface area contributed by atoms with Gasteiger partial charge in [0.05, 0.1) is 12.6 Å². The first kappa shape index (κ1) is 78.2. The molecule has 1 rings (SSSR count). The van der Waals surface area contributed by atoms with Crippen LogP contribution in [0.15, 0.2) is 12.2 Å². The lowest BCUT2D eigenvalue weighted by atomic mass is 9.91. The fourth-order valence-corrected chi connectivity index (χ4v) is 10.8. The van der Waals surface area contributed by atoms with Crippen molar-refractivity contribution >= 4 is 76.6 Å². The fraction of sp³-hybridized carbons (Fsp3) is 0.790. The second kappa shape index (κ2) is 34.6. The topological polar surface area (TPSA) is 279 Å². The number of amides is 11. The minimum atomic E-state index is -2.27. The number of likely N-dealkylation sites (N-methyl/N-ethyl adjacent to an activating group) is 7. The Morgan fingerprint density at radius 1 is 0.535 bits per heavy atom. The van der Waals surface area contributed by atoms with E-state index in [-0.39, 0.29) is 62.2 Å². The Balaban J connectivity index is 4.38. The average Bonchev–Trinajstić information content (AvgIpc) is 1.15. The number of carbonyl (C=O) groups is 11. The normalized spacial score (nSPS) is 27.6. The third-order valence-electron chi connectivity index (χ3n) is 16.3. The molecular weight excluding hydrogens is 1130 g/mol. The fourth-order valence-electron chi connectivity index (χ4n) is 10.6. The highest BCUT2D eigenvalue weighted by Gasteiger charge is 2.53. The molecule has 23 nitrogen and oxygen atoms in total. The molecular formula is C62H110ClN11O12. The predicted octanol–water partition coefficient (Wildman–Crippen LogP) is 3.84. The Bertz CT molecular complexity index is 2390. The molecule has 0 aromatic carbocycles. The van der Waals surface area contributed by atoms with Crippen molar-refractivity contribution in [1.29, 1.82) is 0 Å². The first-order chi connectivity index (χ1) is 39.6. The van der Waals surface area contributed by atoms with Crippen LogP contribution in [-0.4, -0.2) is 226 Å². The van der Waals surface area contributed by atoms with E-state index in [4.69, 9.17) is 11.6 Å². The van der Waals surface area contributed by atoms with Crippen LogP contribution >= 0.6 is 11.6 Å². The van der Waals surface area contributed by atoms with E-state index in [1.54, 1.807) is 60.6 Å². The van der Waals surface area contributed by atoms with E-state index in [1.165, 1.54) is 82.8 Å². The van der Waals surface area contributed by atoms with Crippen molar-refractivity contribution in [2.45, 2.75) is 222 Å². The lowest BCUT2D eigenvalue weighted by Crippen LogP contribution is -2.67. The second-order valence-electron chi connectivity index (χ2n) is 26.1. The van der Waals surface area contributed by atoms with E-state index in [1.807, 2.05) is 55.4 Å². The summed E-state index contributed by atoms with van der Waals surface area (Å²) in [4.78, 5) is 166. The summed E-state index contributed by atoms with van der Waals surface area (Å²) in [5.74, 6) is -10.8. The molecule has 5 N–H and O–H groups in total. The zero-order chi connectivity index (χ0) is 66.9. The molecule has 1 aliphatic heterocycles. The van der Waals surface area contributed by atoms with Gasteiger partial charge < -0.3 is 60.7 Å². The number of nitrogens with one attached hydrogen (secondary N) is 4. The smallest absolute Gasteiger partial charge is 0.264 e. The monoisotopic (exact) mass is 1240 g/mol. The Kier molecular flexibility index (Phi) is 31.5. The maximum Gasteiger partial charge on any atom is 0.264 e. The molecule has 0 radical (unpaired) electrons. The summed E-state index contributed by atoms with van der Waals surface area (Å²) in [6.45, 7) is 28.8. The van der Waals surface area contributed by atoms with E-state index in [0.29, 0.717) is 0 Å². The molecule has 0 unspecified atom stereocenters. The highest BCUT2D eigenvalue weighted by Crippen LogP contribution is 2.35. The number of carbonyl (C=O) groups excluding carboxylic acids is 11. The van der Waals surface area contributed by atoms with E-state index < -0.39 is 155 Å². The third kappa shape index (κ3) is 20.6. The molecule has 24 heteroatoms. The van der Waals surface area contributed by atoms with Gasteiger partial charge in [-0.3, -0.25) is 52.7 Å². The summed E-state index contributed by atoms with van der Waals surface area (Å²) in [6, 6.07) is -11.4. The lowest BCUT2D eigenvalue weighted by molar-refractivity contribution is -0.159. The maximum atomic E-state index is 15.3. The van der Waals surface area contributed by atoms with Crippen molar-refractivity contribution in [3.8, 4) is 0 Å². The van der Waals surface area contributed by atoms with Crippen molar-refractivity contribution < 1.29 is 57.8 Å². The minimum absolute atomic E-state index is 0.00806. The van der Waals surface area contributed by atoms with Crippen molar-refractivity contribution in [3.05, 3.63) is 12.2 Å². The first-order valence-electron chi connectivity index (χ1n) is 30.6. The first-order valence-corrected chi connectivity index (χ1v) is 31.0. The van der Waals surface area contributed by atoms with Crippen LogP contribution in [0.1, 0.15) is 156 Å². The molecule has 12 atom stereocenters. The number of halogens is 1. The number of aliphatic hydroxyl groups is 1. The average molecular weight is 1240 g/mol. The van der Waals surface area contributed by atoms with Crippen LogP contribution in [0.2, 0.25) is 0 Å². The third-order valence-corrected chi connectivity index (χ3v) is 17.1. The number of aliphatic hydroxyl groups excluding tert-OH is 1. The van der Waals surface area contributed by atoms with Gasteiger partial charge in [-0.2, -0.15) is 0 Å². The van der Waals surface area contributed by atoms with Gasteiger partial charge in [-0.05, 0) is 101 Å². The van der Waals surface area contributed by atoms with Crippen molar-refractivity contribution in [1.82, 2.24) is 55.6 Å². The van der Waals surface area contributed by atoms with Crippen molar-refractivity contribution in [2.75, 3.05) is 55.9 Å². The van der Waals surface area contributed by atoms with E-state index in [9.17, 15) is 48.3 Å². The highest BCUT2D eigenvalue weighted by atomic mass is 35.5. The summed E-state index contributed by atoms with van der Waals surface area (Å²) in [5.41, 5.74) is 0. The Morgan fingerprint density at radius 3 is 1.42 bits per heavy atom. The minimum Gasteiger partial charge on any atom is -0.390 e. The summed E-state index contributed by atoms with van der Waals surface area (Å²) >= 11 is 7.49. The Morgan fingerprint density at radius 2 is 0.965 bits per heavy atom. The number of nitrogens with zero attached hydrogens (tertiary/aromatic N) is 7. The van der Waals surface area contributed by atoms with Gasteiger partial charge in [-0.1, -0.05) is 121 Å². The Labute approximate surface area is 519 Å². The zero-order valence-corrected chi connectivity index (χ0v) is 57.1. The quantitative estimate of drug-likeness (QED) is 0.0889. The SMILES string of the molecule is C/C=C/C[C@@H](C)[C@@H](O)[C@H]1C(=O)N[C@@H](CC)C(=O)N(C)CC(=O)N(C)[C@@H](CC(C)C)C(=O)N[C@@H](C(C)C)C(=O)N(C)[C@@H](CC(C)C)C(=O)N[C@@H](C)C(=O)N[C@H](C)C(=O)N(C)[C@@H](CC(C)C)C(=O)N(C)[C@@H](CC(C)C)C(=O)N(C)[C@](Cl)(C(C)C)C(=O)N1C. The van der Waals surface area contributed by atoms with Crippen LogP contribution in [0.5, 0.6) is 0 Å². The number of rotatable bonds is 15. The predicted molar refractivity (Wildman–Crippen MR) is 333 cm³/mol. The van der Waals surface area contributed by atoms with Gasteiger partial charge in [0.15, 0.2) is 5.00 Å². The van der Waals surface area contributed by atoms with Crippen LogP contribution in [0, 0.1) is 41.4 Å². The molecule has 492 valence electrons. The van der Waals surface area contributed by atoms with Gasteiger partial charge in [0, 0.05) is 49.3 Å². The molecule has 11 amide bonds. The molecule has 0 aromatic heterocycles.